The summed E-state index contributed by atoms with van der Waals surface area (Å²) in [6, 6.07) is 9.48. The fourth-order valence-electron chi connectivity index (χ4n) is 2.34. The van der Waals surface area contributed by atoms with Gasteiger partial charge in [-0.2, -0.15) is 5.10 Å². The Labute approximate surface area is 167 Å². The highest BCUT2D eigenvalue weighted by Crippen LogP contribution is 2.36. The number of halogens is 1. The van der Waals surface area contributed by atoms with Gasteiger partial charge in [0.1, 0.15) is 6.61 Å². The summed E-state index contributed by atoms with van der Waals surface area (Å²) in [5, 5.41) is 4.26. The van der Waals surface area contributed by atoms with Gasteiger partial charge in [-0.3, -0.25) is 0 Å². The monoisotopic (exact) mass is 434 g/mol. The van der Waals surface area contributed by atoms with E-state index in [1.165, 1.54) is 0 Å². The van der Waals surface area contributed by atoms with E-state index in [1.807, 2.05) is 30.3 Å². The lowest BCUT2D eigenvalue weighted by Gasteiger charge is -2.12. The van der Waals surface area contributed by atoms with Gasteiger partial charge in [-0.05, 0) is 51.3 Å². The van der Waals surface area contributed by atoms with Crippen LogP contribution < -0.4 is 24.4 Å². The standard InChI is InChI=1S/C20H23BrN2O4/c1-5-8-27-20-16(21)9-15(11-19(20)26-4)13-23-22-12-14-6-7-17(24-2)18(10-14)25-3/h5-7,9-11,13,22H,1,8,12H2,2-4H3/b23-13-. The largest absolute Gasteiger partial charge is 0.493 e. The zero-order valence-corrected chi connectivity index (χ0v) is 17.2. The lowest BCUT2D eigenvalue weighted by Crippen LogP contribution is -2.06. The van der Waals surface area contributed by atoms with Gasteiger partial charge in [-0.15, -0.1) is 0 Å². The molecule has 144 valence electrons. The van der Waals surface area contributed by atoms with Crippen molar-refractivity contribution in [1.29, 1.82) is 0 Å². The van der Waals surface area contributed by atoms with E-state index in [0.29, 0.717) is 36.1 Å². The summed E-state index contributed by atoms with van der Waals surface area (Å²) in [7, 11) is 4.82. The number of nitrogens with one attached hydrogen (secondary N) is 1. The lowest BCUT2D eigenvalue weighted by molar-refractivity contribution is 0.324. The summed E-state index contributed by atoms with van der Waals surface area (Å²) in [6.45, 7) is 4.60. The van der Waals surface area contributed by atoms with Crippen molar-refractivity contribution in [2.75, 3.05) is 27.9 Å². The number of hydrogen-bond donors (Lipinski definition) is 1. The zero-order chi connectivity index (χ0) is 19.6. The zero-order valence-electron chi connectivity index (χ0n) is 15.6. The third kappa shape index (κ3) is 5.65. The summed E-state index contributed by atoms with van der Waals surface area (Å²) in [5.41, 5.74) is 4.91. The molecule has 0 aliphatic carbocycles. The molecule has 0 saturated heterocycles. The van der Waals surface area contributed by atoms with Crippen molar-refractivity contribution in [3.8, 4) is 23.0 Å². The highest BCUT2D eigenvalue weighted by atomic mass is 79.9. The van der Waals surface area contributed by atoms with Crippen LogP contribution in [0.2, 0.25) is 0 Å². The number of hydrogen-bond acceptors (Lipinski definition) is 6. The Kier molecular flexibility index (Phi) is 8.00. The first-order valence-electron chi connectivity index (χ1n) is 8.21. The van der Waals surface area contributed by atoms with Crippen LogP contribution in [0.4, 0.5) is 0 Å². The van der Waals surface area contributed by atoms with Crippen LogP contribution in [0.15, 0.2) is 52.6 Å². The maximum Gasteiger partial charge on any atom is 0.175 e. The van der Waals surface area contributed by atoms with E-state index in [-0.39, 0.29) is 0 Å². The average molecular weight is 435 g/mol. The van der Waals surface area contributed by atoms with E-state index in [4.69, 9.17) is 18.9 Å². The number of hydrazone groups is 1. The molecule has 0 radical (unpaired) electrons. The van der Waals surface area contributed by atoms with E-state index in [9.17, 15) is 0 Å². The molecular weight excluding hydrogens is 412 g/mol. The molecule has 0 spiro atoms. The van der Waals surface area contributed by atoms with Gasteiger partial charge in [-0.1, -0.05) is 18.7 Å². The van der Waals surface area contributed by atoms with Crippen molar-refractivity contribution in [2.45, 2.75) is 6.54 Å². The number of rotatable bonds is 10. The molecule has 0 heterocycles. The Bertz CT molecular complexity index is 809. The Balaban J connectivity index is 2.04. The first-order chi connectivity index (χ1) is 13.1. The second-order valence-electron chi connectivity index (χ2n) is 5.42. The van der Waals surface area contributed by atoms with Crippen LogP contribution in [-0.4, -0.2) is 34.2 Å². The number of methoxy groups -OCH3 is 3. The fourth-order valence-corrected chi connectivity index (χ4v) is 2.92. The summed E-state index contributed by atoms with van der Waals surface area (Å²) in [4.78, 5) is 0. The summed E-state index contributed by atoms with van der Waals surface area (Å²) in [6.07, 6.45) is 3.39. The average Bonchev–Trinajstić information content (AvgIpc) is 2.69. The van der Waals surface area contributed by atoms with Gasteiger partial charge < -0.3 is 24.4 Å². The minimum absolute atomic E-state index is 0.398. The first-order valence-corrected chi connectivity index (χ1v) is 9.00. The molecule has 27 heavy (non-hydrogen) atoms. The van der Waals surface area contributed by atoms with E-state index in [2.05, 4.69) is 33.0 Å². The lowest BCUT2D eigenvalue weighted by atomic mass is 10.2. The quantitative estimate of drug-likeness (QED) is 0.345. The van der Waals surface area contributed by atoms with Crippen LogP contribution in [0.1, 0.15) is 11.1 Å². The molecule has 0 fully saturated rings. The van der Waals surface area contributed by atoms with Crippen molar-refractivity contribution in [2.24, 2.45) is 5.10 Å². The normalized spacial score (nSPS) is 10.5. The predicted molar refractivity (Wildman–Crippen MR) is 110 cm³/mol. The van der Waals surface area contributed by atoms with Gasteiger partial charge in [0.2, 0.25) is 0 Å². The number of ether oxygens (including phenoxy) is 4. The highest BCUT2D eigenvalue weighted by Gasteiger charge is 2.10. The van der Waals surface area contributed by atoms with Crippen LogP contribution in [0, 0.1) is 0 Å². The molecule has 6 nitrogen and oxygen atoms in total. The Morgan fingerprint density at radius 1 is 1.04 bits per heavy atom. The molecule has 7 heteroatoms. The van der Waals surface area contributed by atoms with Crippen molar-refractivity contribution in [3.05, 3.63) is 58.6 Å². The molecular formula is C20H23BrN2O4. The molecule has 2 aromatic rings. The van der Waals surface area contributed by atoms with E-state index >= 15 is 0 Å². The Hall–Kier alpha value is -2.67. The van der Waals surface area contributed by atoms with Crippen molar-refractivity contribution in [1.82, 2.24) is 5.43 Å². The molecule has 0 amide bonds. The minimum atomic E-state index is 0.398. The van der Waals surface area contributed by atoms with Crippen molar-refractivity contribution < 1.29 is 18.9 Å². The van der Waals surface area contributed by atoms with Gasteiger partial charge >= 0.3 is 0 Å². The fraction of sp³-hybridized carbons (Fsp3) is 0.250. The van der Waals surface area contributed by atoms with Crippen LogP contribution >= 0.6 is 15.9 Å². The SMILES string of the molecule is C=CCOc1c(Br)cc(/C=N\NCc2ccc(OC)c(OC)c2)cc1OC. The molecule has 0 saturated carbocycles. The van der Waals surface area contributed by atoms with E-state index in [0.717, 1.165) is 15.6 Å². The predicted octanol–water partition coefficient (Wildman–Crippen LogP) is 4.16. The van der Waals surface area contributed by atoms with Crippen LogP contribution in [-0.2, 0) is 6.54 Å². The first kappa shape index (κ1) is 20.6. The Morgan fingerprint density at radius 2 is 1.78 bits per heavy atom. The summed E-state index contributed by atoms with van der Waals surface area (Å²) >= 11 is 3.50. The Morgan fingerprint density at radius 3 is 2.44 bits per heavy atom. The number of nitrogens with zero attached hydrogens (tertiary/aromatic N) is 1. The molecule has 0 aliphatic rings. The van der Waals surface area contributed by atoms with Gasteiger partial charge in [-0.25, -0.2) is 0 Å². The maximum atomic E-state index is 5.61. The van der Waals surface area contributed by atoms with E-state index in [1.54, 1.807) is 33.6 Å². The van der Waals surface area contributed by atoms with Crippen molar-refractivity contribution in [3.63, 3.8) is 0 Å². The molecule has 0 unspecified atom stereocenters. The molecule has 0 bridgehead atoms. The smallest absolute Gasteiger partial charge is 0.175 e. The molecule has 2 rings (SSSR count). The molecule has 0 aliphatic heterocycles. The summed E-state index contributed by atoms with van der Waals surface area (Å²) < 4.78 is 22.3. The van der Waals surface area contributed by atoms with Crippen molar-refractivity contribution >= 4 is 22.1 Å². The highest BCUT2D eigenvalue weighted by molar-refractivity contribution is 9.10. The number of benzene rings is 2. The van der Waals surface area contributed by atoms with Crippen LogP contribution in [0.5, 0.6) is 23.0 Å². The third-order valence-corrected chi connectivity index (χ3v) is 4.22. The van der Waals surface area contributed by atoms with Crippen LogP contribution in [0.25, 0.3) is 0 Å². The molecule has 1 N–H and O–H groups in total. The third-order valence-electron chi connectivity index (χ3n) is 3.63. The van der Waals surface area contributed by atoms with Gasteiger partial charge in [0.15, 0.2) is 23.0 Å². The van der Waals surface area contributed by atoms with E-state index < -0.39 is 0 Å². The minimum Gasteiger partial charge on any atom is -0.493 e. The second kappa shape index (κ2) is 10.5. The van der Waals surface area contributed by atoms with Gasteiger partial charge in [0.05, 0.1) is 38.6 Å². The molecule has 0 atom stereocenters. The second-order valence-corrected chi connectivity index (χ2v) is 6.27. The molecule has 2 aromatic carbocycles. The maximum absolute atomic E-state index is 5.61. The van der Waals surface area contributed by atoms with Crippen LogP contribution in [0.3, 0.4) is 0 Å². The topological polar surface area (TPSA) is 61.3 Å². The molecule has 0 aromatic heterocycles. The van der Waals surface area contributed by atoms with Gasteiger partial charge in [0.25, 0.3) is 0 Å². The summed E-state index contributed by atoms with van der Waals surface area (Å²) in [5.74, 6) is 2.63. The van der Waals surface area contributed by atoms with Gasteiger partial charge in [0, 0.05) is 0 Å².